The monoisotopic (exact) mass is 222 g/mol. The van der Waals surface area contributed by atoms with Crippen molar-refractivity contribution in [2.75, 3.05) is 0 Å². The Morgan fingerprint density at radius 3 is 2.31 bits per heavy atom. The lowest BCUT2D eigenvalue weighted by Gasteiger charge is -2.32. The van der Waals surface area contributed by atoms with Gasteiger partial charge in [-0.15, -0.1) is 0 Å². The quantitative estimate of drug-likeness (QED) is 0.637. The van der Waals surface area contributed by atoms with Gasteiger partial charge in [0.25, 0.3) is 0 Å². The molecule has 2 radical (unpaired) electrons. The van der Waals surface area contributed by atoms with Gasteiger partial charge in [-0.25, -0.2) is 0 Å². The predicted molar refractivity (Wildman–Crippen MR) is 63.4 cm³/mol. The molecule has 0 amide bonds. The van der Waals surface area contributed by atoms with E-state index < -0.39 is 0 Å². The molecule has 2 nitrogen and oxygen atoms in total. The minimum atomic E-state index is -0.375. The van der Waals surface area contributed by atoms with Crippen molar-refractivity contribution in [3.63, 3.8) is 0 Å². The standard InChI is InChI=1S/C14H22O2/c1-12(2,3)16-11(15)10-8-13(4)6-7-14(10,5)9-13/h6-7,10H,8-9H2,1-5H3. The molecular formula is C14H22O2. The molecule has 0 saturated heterocycles. The average molecular weight is 222 g/mol. The number of carbonyl (C=O) groups excluding carboxylic acids is 1. The summed E-state index contributed by atoms with van der Waals surface area (Å²) in [6, 6.07) is 0. The van der Waals surface area contributed by atoms with Crippen LogP contribution < -0.4 is 0 Å². The molecule has 3 atom stereocenters. The van der Waals surface area contributed by atoms with Crippen LogP contribution in [0.1, 0.15) is 47.5 Å². The Bertz CT molecular complexity index is 315. The SMILES string of the molecule is CC12[CH][CH]C(C)(C1)C(C(=O)OC(C)(C)C)C2. The second-order valence-corrected chi connectivity index (χ2v) is 6.96. The van der Waals surface area contributed by atoms with Crippen LogP contribution >= 0.6 is 0 Å². The number of hydrogen-bond acceptors (Lipinski definition) is 2. The summed E-state index contributed by atoms with van der Waals surface area (Å²) in [5, 5.41) is 0. The van der Waals surface area contributed by atoms with Crippen molar-refractivity contribution in [1.29, 1.82) is 0 Å². The molecule has 2 saturated carbocycles. The van der Waals surface area contributed by atoms with Gasteiger partial charge in [0.1, 0.15) is 5.60 Å². The first-order chi connectivity index (χ1) is 7.14. The Morgan fingerprint density at radius 1 is 1.31 bits per heavy atom. The van der Waals surface area contributed by atoms with Crippen LogP contribution in [0.4, 0.5) is 0 Å². The van der Waals surface area contributed by atoms with E-state index in [2.05, 4.69) is 26.7 Å². The van der Waals surface area contributed by atoms with Crippen LogP contribution in [0.25, 0.3) is 0 Å². The van der Waals surface area contributed by atoms with Gasteiger partial charge in [-0.1, -0.05) is 13.8 Å². The second kappa shape index (κ2) is 3.24. The first kappa shape index (κ1) is 11.9. The number of carbonyl (C=O) groups is 1. The van der Waals surface area contributed by atoms with Gasteiger partial charge in [-0.05, 0) is 57.3 Å². The molecule has 0 aromatic heterocycles. The fourth-order valence-electron chi connectivity index (χ4n) is 3.18. The lowest BCUT2D eigenvalue weighted by atomic mass is 9.75. The Hall–Kier alpha value is -0.530. The minimum Gasteiger partial charge on any atom is -0.460 e. The fraction of sp³-hybridized carbons (Fsp3) is 0.786. The fourth-order valence-corrected chi connectivity index (χ4v) is 3.18. The Kier molecular flexibility index (Phi) is 2.42. The van der Waals surface area contributed by atoms with Gasteiger partial charge in [0.2, 0.25) is 0 Å². The van der Waals surface area contributed by atoms with Crippen LogP contribution in [0, 0.1) is 29.6 Å². The van der Waals surface area contributed by atoms with Crippen LogP contribution in [-0.4, -0.2) is 11.6 Å². The van der Waals surface area contributed by atoms with E-state index in [9.17, 15) is 4.79 Å². The molecule has 0 N–H and O–H groups in total. The summed E-state index contributed by atoms with van der Waals surface area (Å²) in [4.78, 5) is 12.1. The third-order valence-electron chi connectivity index (χ3n) is 3.81. The second-order valence-electron chi connectivity index (χ2n) is 6.96. The topological polar surface area (TPSA) is 26.3 Å². The summed E-state index contributed by atoms with van der Waals surface area (Å²) in [6.07, 6.45) is 6.51. The van der Waals surface area contributed by atoms with E-state index in [-0.39, 0.29) is 28.3 Å². The molecule has 2 fully saturated rings. The summed E-state index contributed by atoms with van der Waals surface area (Å²) < 4.78 is 5.51. The molecule has 90 valence electrons. The molecule has 2 bridgehead atoms. The van der Waals surface area contributed by atoms with Crippen molar-refractivity contribution in [1.82, 2.24) is 0 Å². The Labute approximate surface area is 98.7 Å². The maximum atomic E-state index is 12.1. The molecule has 3 unspecified atom stereocenters. The molecule has 2 aliphatic rings. The minimum absolute atomic E-state index is 0.0249. The normalized spacial score (nSPS) is 42.4. The van der Waals surface area contributed by atoms with Gasteiger partial charge in [0, 0.05) is 0 Å². The first-order valence-electron chi connectivity index (χ1n) is 6.07. The molecule has 2 aliphatic carbocycles. The van der Waals surface area contributed by atoms with Gasteiger partial charge in [-0.2, -0.15) is 0 Å². The van der Waals surface area contributed by atoms with Gasteiger partial charge in [0.05, 0.1) is 5.92 Å². The van der Waals surface area contributed by atoms with Crippen molar-refractivity contribution < 1.29 is 9.53 Å². The lowest BCUT2D eigenvalue weighted by molar-refractivity contribution is -0.163. The third kappa shape index (κ3) is 1.99. The summed E-state index contributed by atoms with van der Waals surface area (Å²) in [6.45, 7) is 10.2. The van der Waals surface area contributed by atoms with E-state index in [1.165, 1.54) is 0 Å². The zero-order chi connectivity index (χ0) is 12.2. The van der Waals surface area contributed by atoms with Crippen LogP contribution in [0.5, 0.6) is 0 Å². The highest BCUT2D eigenvalue weighted by Gasteiger charge is 2.58. The maximum Gasteiger partial charge on any atom is 0.310 e. The summed E-state index contributed by atoms with van der Waals surface area (Å²) in [5.74, 6) is 0.0183. The van der Waals surface area contributed by atoms with Gasteiger partial charge in [-0.3, -0.25) is 4.79 Å². The molecule has 0 aliphatic heterocycles. The van der Waals surface area contributed by atoms with E-state index in [0.717, 1.165) is 12.8 Å². The number of rotatable bonds is 1. The molecule has 0 heterocycles. The Morgan fingerprint density at radius 2 is 1.94 bits per heavy atom. The molecule has 2 heteroatoms. The zero-order valence-electron chi connectivity index (χ0n) is 11.0. The van der Waals surface area contributed by atoms with Gasteiger partial charge >= 0.3 is 5.97 Å². The zero-order valence-corrected chi connectivity index (χ0v) is 11.0. The molecule has 0 aromatic rings. The average Bonchev–Trinajstić information content (AvgIpc) is 2.50. The molecule has 2 rings (SSSR count). The van der Waals surface area contributed by atoms with Crippen molar-refractivity contribution in [2.45, 2.75) is 53.1 Å². The summed E-state index contributed by atoms with van der Waals surface area (Å²) in [5.41, 5.74) is -0.132. The first-order valence-corrected chi connectivity index (χ1v) is 6.07. The summed E-state index contributed by atoms with van der Waals surface area (Å²) >= 11 is 0. The molecule has 0 spiro atoms. The number of hydrogen-bond donors (Lipinski definition) is 0. The smallest absolute Gasteiger partial charge is 0.310 e. The maximum absolute atomic E-state index is 12.1. The van der Waals surface area contributed by atoms with Crippen LogP contribution in [0.3, 0.4) is 0 Å². The van der Waals surface area contributed by atoms with Crippen LogP contribution in [0.15, 0.2) is 0 Å². The third-order valence-corrected chi connectivity index (χ3v) is 3.81. The molecular weight excluding hydrogens is 200 g/mol. The highest BCUT2D eigenvalue weighted by atomic mass is 16.6. The van der Waals surface area contributed by atoms with E-state index in [1.54, 1.807) is 0 Å². The van der Waals surface area contributed by atoms with E-state index in [1.807, 2.05) is 20.8 Å². The predicted octanol–water partition coefficient (Wildman–Crippen LogP) is 3.17. The van der Waals surface area contributed by atoms with Crippen molar-refractivity contribution in [3.8, 4) is 0 Å². The van der Waals surface area contributed by atoms with Crippen LogP contribution in [0.2, 0.25) is 0 Å². The highest BCUT2D eigenvalue weighted by molar-refractivity contribution is 5.75. The van der Waals surface area contributed by atoms with Gasteiger partial charge < -0.3 is 4.74 Å². The van der Waals surface area contributed by atoms with Crippen molar-refractivity contribution in [2.24, 2.45) is 16.7 Å². The summed E-state index contributed by atoms with van der Waals surface area (Å²) in [7, 11) is 0. The highest BCUT2D eigenvalue weighted by Crippen LogP contribution is 2.63. The van der Waals surface area contributed by atoms with E-state index in [0.29, 0.717) is 0 Å². The van der Waals surface area contributed by atoms with Crippen molar-refractivity contribution in [3.05, 3.63) is 12.8 Å². The lowest BCUT2D eigenvalue weighted by Crippen LogP contribution is -2.36. The van der Waals surface area contributed by atoms with Crippen LogP contribution in [-0.2, 0) is 9.53 Å². The Balaban J connectivity index is 2.10. The van der Waals surface area contributed by atoms with Crippen molar-refractivity contribution >= 4 is 5.97 Å². The number of fused-ring (bicyclic) bond motifs is 2. The van der Waals surface area contributed by atoms with Gasteiger partial charge in [0.15, 0.2) is 0 Å². The number of esters is 1. The largest absolute Gasteiger partial charge is 0.460 e. The van der Waals surface area contributed by atoms with E-state index >= 15 is 0 Å². The van der Waals surface area contributed by atoms with E-state index in [4.69, 9.17) is 4.74 Å². The molecule has 16 heavy (non-hydrogen) atoms. The molecule has 0 aromatic carbocycles. The number of ether oxygens (including phenoxy) is 1.